The largest absolute Gasteiger partial charge is 0.381 e. The molecule has 3 nitrogen and oxygen atoms in total. The SMILES string of the molecule is O=Cc1cccn1CCC1CCOC1. The molecule has 1 aliphatic rings. The topological polar surface area (TPSA) is 31.2 Å². The molecule has 1 aliphatic heterocycles. The van der Waals surface area contributed by atoms with Gasteiger partial charge in [0.05, 0.1) is 5.69 Å². The minimum absolute atomic E-state index is 0.678. The lowest BCUT2D eigenvalue weighted by Gasteiger charge is -2.09. The summed E-state index contributed by atoms with van der Waals surface area (Å²) < 4.78 is 7.31. The van der Waals surface area contributed by atoms with Gasteiger partial charge in [0.15, 0.2) is 6.29 Å². The first-order chi connectivity index (χ1) is 6.90. The Balaban J connectivity index is 1.87. The Morgan fingerprint density at radius 2 is 2.57 bits per heavy atom. The Morgan fingerprint density at radius 1 is 1.64 bits per heavy atom. The third-order valence-electron chi connectivity index (χ3n) is 2.79. The molecule has 0 amide bonds. The molecule has 0 spiro atoms. The van der Waals surface area contributed by atoms with E-state index in [1.165, 1.54) is 0 Å². The number of nitrogens with zero attached hydrogens (tertiary/aromatic N) is 1. The number of carbonyl (C=O) groups is 1. The summed E-state index contributed by atoms with van der Waals surface area (Å²) in [7, 11) is 0. The van der Waals surface area contributed by atoms with E-state index < -0.39 is 0 Å². The third-order valence-corrected chi connectivity index (χ3v) is 2.79. The van der Waals surface area contributed by atoms with E-state index in [0.717, 1.165) is 44.6 Å². The molecule has 76 valence electrons. The van der Waals surface area contributed by atoms with E-state index in [0.29, 0.717) is 5.92 Å². The van der Waals surface area contributed by atoms with Crippen LogP contribution in [0.1, 0.15) is 23.3 Å². The summed E-state index contributed by atoms with van der Waals surface area (Å²) in [5.41, 5.74) is 0.768. The minimum atomic E-state index is 0.678. The molecule has 14 heavy (non-hydrogen) atoms. The lowest BCUT2D eigenvalue weighted by Crippen LogP contribution is -2.07. The molecule has 0 aromatic carbocycles. The molecule has 0 saturated carbocycles. The molecule has 1 atom stereocenters. The molecule has 0 radical (unpaired) electrons. The van der Waals surface area contributed by atoms with Gasteiger partial charge in [0, 0.05) is 26.0 Å². The maximum Gasteiger partial charge on any atom is 0.166 e. The number of hydrogen-bond donors (Lipinski definition) is 0. The predicted octanol–water partition coefficient (Wildman–Crippen LogP) is 1.73. The number of hydrogen-bond acceptors (Lipinski definition) is 2. The normalized spacial score (nSPS) is 21.3. The van der Waals surface area contributed by atoms with Gasteiger partial charge < -0.3 is 9.30 Å². The van der Waals surface area contributed by atoms with Crippen molar-refractivity contribution in [1.82, 2.24) is 4.57 Å². The zero-order valence-corrected chi connectivity index (χ0v) is 8.19. The van der Waals surface area contributed by atoms with Crippen LogP contribution in [0.15, 0.2) is 18.3 Å². The first-order valence-electron chi connectivity index (χ1n) is 5.08. The van der Waals surface area contributed by atoms with Gasteiger partial charge in [-0.2, -0.15) is 0 Å². The molecule has 1 aromatic rings. The van der Waals surface area contributed by atoms with Crippen LogP contribution >= 0.6 is 0 Å². The highest BCUT2D eigenvalue weighted by Crippen LogP contribution is 2.17. The summed E-state index contributed by atoms with van der Waals surface area (Å²) in [6.07, 6.45) is 5.14. The molecule has 0 bridgehead atoms. The van der Waals surface area contributed by atoms with Gasteiger partial charge in [-0.1, -0.05) is 0 Å². The highest BCUT2D eigenvalue weighted by atomic mass is 16.5. The number of rotatable bonds is 4. The van der Waals surface area contributed by atoms with E-state index in [1.54, 1.807) is 0 Å². The van der Waals surface area contributed by atoms with Gasteiger partial charge in [-0.25, -0.2) is 0 Å². The first kappa shape index (κ1) is 9.46. The third kappa shape index (κ3) is 2.04. The van der Waals surface area contributed by atoms with E-state index in [1.807, 2.05) is 22.9 Å². The molecular weight excluding hydrogens is 178 g/mol. The van der Waals surface area contributed by atoms with Crippen molar-refractivity contribution >= 4 is 6.29 Å². The van der Waals surface area contributed by atoms with Crippen molar-refractivity contribution in [3.8, 4) is 0 Å². The maximum atomic E-state index is 10.6. The fourth-order valence-corrected chi connectivity index (χ4v) is 1.87. The van der Waals surface area contributed by atoms with Gasteiger partial charge in [0.25, 0.3) is 0 Å². The monoisotopic (exact) mass is 193 g/mol. The van der Waals surface area contributed by atoms with Crippen LogP contribution < -0.4 is 0 Å². The second-order valence-electron chi connectivity index (χ2n) is 3.76. The van der Waals surface area contributed by atoms with Crippen molar-refractivity contribution in [2.45, 2.75) is 19.4 Å². The number of aldehydes is 1. The summed E-state index contributed by atoms with van der Waals surface area (Å²) in [5, 5.41) is 0. The quantitative estimate of drug-likeness (QED) is 0.682. The van der Waals surface area contributed by atoms with Gasteiger partial charge in [-0.05, 0) is 30.9 Å². The van der Waals surface area contributed by atoms with E-state index in [-0.39, 0.29) is 0 Å². The number of aromatic nitrogens is 1. The molecule has 3 heteroatoms. The van der Waals surface area contributed by atoms with Gasteiger partial charge in [0.2, 0.25) is 0 Å². The Kier molecular flexibility index (Phi) is 2.99. The lowest BCUT2D eigenvalue weighted by atomic mass is 10.1. The smallest absolute Gasteiger partial charge is 0.166 e. The zero-order chi connectivity index (χ0) is 9.80. The summed E-state index contributed by atoms with van der Waals surface area (Å²) in [5.74, 6) is 0.678. The van der Waals surface area contributed by atoms with E-state index in [9.17, 15) is 4.79 Å². The Bertz CT molecular complexity index is 300. The average molecular weight is 193 g/mol. The van der Waals surface area contributed by atoms with Crippen molar-refractivity contribution in [1.29, 1.82) is 0 Å². The van der Waals surface area contributed by atoms with Crippen molar-refractivity contribution in [2.24, 2.45) is 5.92 Å². The van der Waals surface area contributed by atoms with E-state index in [2.05, 4.69) is 0 Å². The van der Waals surface area contributed by atoms with Crippen molar-refractivity contribution in [3.63, 3.8) is 0 Å². The molecule has 1 unspecified atom stereocenters. The Hall–Kier alpha value is -1.09. The fraction of sp³-hybridized carbons (Fsp3) is 0.545. The van der Waals surface area contributed by atoms with Gasteiger partial charge in [-0.3, -0.25) is 4.79 Å². The molecule has 1 aromatic heterocycles. The fourth-order valence-electron chi connectivity index (χ4n) is 1.87. The Labute approximate surface area is 83.7 Å². The Morgan fingerprint density at radius 3 is 3.29 bits per heavy atom. The maximum absolute atomic E-state index is 10.6. The average Bonchev–Trinajstić information content (AvgIpc) is 2.85. The molecule has 2 rings (SSSR count). The highest BCUT2D eigenvalue weighted by molar-refractivity contribution is 5.72. The van der Waals surface area contributed by atoms with E-state index in [4.69, 9.17) is 4.74 Å². The molecule has 1 fully saturated rings. The number of carbonyl (C=O) groups excluding carboxylic acids is 1. The van der Waals surface area contributed by atoms with Crippen LogP contribution in [0.4, 0.5) is 0 Å². The second kappa shape index (κ2) is 4.42. The summed E-state index contributed by atoms with van der Waals surface area (Å²) in [4.78, 5) is 10.6. The van der Waals surface area contributed by atoms with Crippen LogP contribution in [0.3, 0.4) is 0 Å². The van der Waals surface area contributed by atoms with Crippen LogP contribution in [0.25, 0.3) is 0 Å². The van der Waals surface area contributed by atoms with Gasteiger partial charge in [-0.15, -0.1) is 0 Å². The molecule has 0 N–H and O–H groups in total. The van der Waals surface area contributed by atoms with Gasteiger partial charge in [0.1, 0.15) is 0 Å². The second-order valence-corrected chi connectivity index (χ2v) is 3.76. The van der Waals surface area contributed by atoms with Crippen molar-refractivity contribution in [2.75, 3.05) is 13.2 Å². The minimum Gasteiger partial charge on any atom is -0.381 e. The predicted molar refractivity (Wildman–Crippen MR) is 53.4 cm³/mol. The van der Waals surface area contributed by atoms with Crippen LogP contribution in [-0.2, 0) is 11.3 Å². The molecule has 0 aliphatic carbocycles. The van der Waals surface area contributed by atoms with Crippen molar-refractivity contribution in [3.05, 3.63) is 24.0 Å². The molecule has 1 saturated heterocycles. The van der Waals surface area contributed by atoms with Gasteiger partial charge >= 0.3 is 0 Å². The lowest BCUT2D eigenvalue weighted by molar-refractivity contribution is 0.111. The summed E-state index contributed by atoms with van der Waals surface area (Å²) >= 11 is 0. The summed E-state index contributed by atoms with van der Waals surface area (Å²) in [6, 6.07) is 3.76. The first-order valence-corrected chi connectivity index (χ1v) is 5.08. The van der Waals surface area contributed by atoms with Crippen LogP contribution in [0, 0.1) is 5.92 Å². The van der Waals surface area contributed by atoms with E-state index >= 15 is 0 Å². The number of aryl methyl sites for hydroxylation is 1. The molecular formula is C11H15NO2. The van der Waals surface area contributed by atoms with Crippen LogP contribution in [0.2, 0.25) is 0 Å². The standard InChI is InChI=1S/C11H15NO2/c13-8-11-2-1-5-12(11)6-3-10-4-7-14-9-10/h1-2,5,8,10H,3-4,6-7,9H2. The van der Waals surface area contributed by atoms with Crippen LogP contribution in [-0.4, -0.2) is 24.1 Å². The number of ether oxygens (including phenoxy) is 1. The van der Waals surface area contributed by atoms with Crippen LogP contribution in [0.5, 0.6) is 0 Å². The molecule has 2 heterocycles. The zero-order valence-electron chi connectivity index (χ0n) is 8.19. The van der Waals surface area contributed by atoms with Crippen molar-refractivity contribution < 1.29 is 9.53 Å². The highest BCUT2D eigenvalue weighted by Gasteiger charge is 2.15. The summed E-state index contributed by atoms with van der Waals surface area (Å²) in [6.45, 7) is 2.71.